The molecule has 1 heterocycles. The van der Waals surface area contributed by atoms with Crippen molar-refractivity contribution < 1.29 is 4.39 Å². The van der Waals surface area contributed by atoms with E-state index in [1.807, 2.05) is 13.0 Å². The van der Waals surface area contributed by atoms with E-state index < -0.39 is 0 Å². The number of nitrogens with two attached hydrogens (primary N) is 1. The second kappa shape index (κ2) is 4.19. The van der Waals surface area contributed by atoms with E-state index in [1.165, 1.54) is 17.4 Å². The van der Waals surface area contributed by atoms with E-state index in [4.69, 9.17) is 11.0 Å². The normalized spacial score (nSPS) is 10.2. The van der Waals surface area contributed by atoms with Crippen molar-refractivity contribution in [3.63, 3.8) is 0 Å². The Morgan fingerprint density at radius 3 is 2.59 bits per heavy atom. The van der Waals surface area contributed by atoms with Crippen molar-refractivity contribution in [3.8, 4) is 16.5 Å². The molecular weight excluding hydrogens is 235 g/mol. The van der Waals surface area contributed by atoms with Crippen LogP contribution in [0.2, 0.25) is 0 Å². The minimum absolute atomic E-state index is 0.243. The number of nitrogens with zero attached hydrogens (tertiary/aromatic N) is 1. The molecule has 2 rings (SSSR count). The molecule has 0 amide bonds. The van der Waals surface area contributed by atoms with Crippen LogP contribution in [0.1, 0.15) is 16.0 Å². The maximum Gasteiger partial charge on any atom is 0.128 e. The van der Waals surface area contributed by atoms with Crippen molar-refractivity contribution >= 4 is 17.0 Å². The van der Waals surface area contributed by atoms with E-state index in [-0.39, 0.29) is 5.82 Å². The second-order valence-corrected chi connectivity index (χ2v) is 4.90. The highest BCUT2D eigenvalue weighted by molar-refractivity contribution is 7.16. The van der Waals surface area contributed by atoms with Gasteiger partial charge in [-0.2, -0.15) is 5.26 Å². The molecule has 0 saturated carbocycles. The number of hydrogen-bond acceptors (Lipinski definition) is 3. The number of benzene rings is 1. The maximum atomic E-state index is 13.5. The van der Waals surface area contributed by atoms with Gasteiger partial charge in [0, 0.05) is 4.88 Å². The molecule has 2 nitrogen and oxygen atoms in total. The molecule has 2 N–H and O–H groups in total. The SMILES string of the molecule is Cc1ccc(-c2sc(C#N)c(N)c2C)cc1F. The van der Waals surface area contributed by atoms with Crippen LogP contribution in [-0.2, 0) is 0 Å². The molecule has 0 unspecified atom stereocenters. The van der Waals surface area contributed by atoms with Gasteiger partial charge in [-0.05, 0) is 36.6 Å². The molecule has 2 aromatic rings. The molecule has 4 heteroatoms. The minimum atomic E-state index is -0.243. The highest BCUT2D eigenvalue weighted by Crippen LogP contribution is 2.37. The molecule has 0 aliphatic heterocycles. The zero-order valence-electron chi connectivity index (χ0n) is 9.54. The number of halogens is 1. The molecule has 86 valence electrons. The zero-order valence-corrected chi connectivity index (χ0v) is 10.4. The second-order valence-electron chi connectivity index (χ2n) is 3.87. The molecule has 0 atom stereocenters. The average molecular weight is 246 g/mol. The molecule has 0 radical (unpaired) electrons. The topological polar surface area (TPSA) is 49.8 Å². The molecule has 1 aromatic heterocycles. The lowest BCUT2D eigenvalue weighted by molar-refractivity contribution is 0.619. The quantitative estimate of drug-likeness (QED) is 0.835. The molecular formula is C13H11FN2S. The van der Waals surface area contributed by atoms with Crippen molar-refractivity contribution in [2.45, 2.75) is 13.8 Å². The summed E-state index contributed by atoms with van der Waals surface area (Å²) in [4.78, 5) is 1.34. The lowest BCUT2D eigenvalue weighted by atomic mass is 10.1. The van der Waals surface area contributed by atoms with E-state index in [9.17, 15) is 4.39 Å². The van der Waals surface area contributed by atoms with Gasteiger partial charge < -0.3 is 5.73 Å². The van der Waals surface area contributed by atoms with E-state index in [2.05, 4.69) is 6.07 Å². The molecule has 0 spiro atoms. The number of nitrogen functional groups attached to an aromatic ring is 1. The molecule has 1 aromatic carbocycles. The number of hydrogen-bond donors (Lipinski definition) is 1. The third-order valence-electron chi connectivity index (χ3n) is 2.73. The fourth-order valence-corrected chi connectivity index (χ4v) is 2.64. The Morgan fingerprint density at radius 1 is 1.35 bits per heavy atom. The largest absolute Gasteiger partial charge is 0.397 e. The van der Waals surface area contributed by atoms with E-state index in [0.717, 1.165) is 16.0 Å². The first kappa shape index (κ1) is 11.6. The summed E-state index contributed by atoms with van der Waals surface area (Å²) >= 11 is 1.30. The van der Waals surface area contributed by atoms with Gasteiger partial charge in [0.2, 0.25) is 0 Å². The molecule has 17 heavy (non-hydrogen) atoms. The van der Waals surface area contributed by atoms with Crippen LogP contribution in [0.25, 0.3) is 10.4 Å². The first-order valence-corrected chi connectivity index (χ1v) is 5.91. The summed E-state index contributed by atoms with van der Waals surface area (Å²) in [5.74, 6) is -0.243. The van der Waals surface area contributed by atoms with Crippen LogP contribution in [0.4, 0.5) is 10.1 Å². The Labute approximate surface area is 103 Å². The summed E-state index contributed by atoms with van der Waals surface area (Å²) in [5.41, 5.74) is 8.52. The Morgan fingerprint density at radius 2 is 2.06 bits per heavy atom. The van der Waals surface area contributed by atoms with Gasteiger partial charge in [0.25, 0.3) is 0 Å². The van der Waals surface area contributed by atoms with Gasteiger partial charge in [-0.15, -0.1) is 11.3 Å². The first-order chi connectivity index (χ1) is 8.04. The van der Waals surface area contributed by atoms with Crippen molar-refractivity contribution in [1.29, 1.82) is 5.26 Å². The average Bonchev–Trinajstić information content (AvgIpc) is 2.60. The summed E-state index contributed by atoms with van der Waals surface area (Å²) in [6.45, 7) is 3.56. The number of aryl methyl sites for hydroxylation is 1. The van der Waals surface area contributed by atoms with Crippen molar-refractivity contribution in [3.05, 3.63) is 40.0 Å². The van der Waals surface area contributed by atoms with Crippen LogP contribution >= 0.6 is 11.3 Å². The number of anilines is 1. The molecule has 0 fully saturated rings. The predicted molar refractivity (Wildman–Crippen MR) is 68.3 cm³/mol. The van der Waals surface area contributed by atoms with Gasteiger partial charge in [0.1, 0.15) is 16.8 Å². The fourth-order valence-electron chi connectivity index (χ4n) is 1.62. The van der Waals surface area contributed by atoms with E-state index in [0.29, 0.717) is 16.1 Å². The summed E-state index contributed by atoms with van der Waals surface area (Å²) in [5, 5.41) is 8.91. The fraction of sp³-hybridized carbons (Fsp3) is 0.154. The van der Waals surface area contributed by atoms with E-state index >= 15 is 0 Å². The van der Waals surface area contributed by atoms with Gasteiger partial charge in [-0.3, -0.25) is 0 Å². The highest BCUT2D eigenvalue weighted by atomic mass is 32.1. The van der Waals surface area contributed by atoms with Crippen molar-refractivity contribution in [2.75, 3.05) is 5.73 Å². The molecule has 0 aliphatic rings. The monoisotopic (exact) mass is 246 g/mol. The number of nitriles is 1. The lowest BCUT2D eigenvalue weighted by Crippen LogP contribution is -1.88. The summed E-state index contributed by atoms with van der Waals surface area (Å²) in [6, 6.07) is 7.11. The maximum absolute atomic E-state index is 13.5. The van der Waals surface area contributed by atoms with Gasteiger partial charge in [-0.25, -0.2) is 4.39 Å². The first-order valence-electron chi connectivity index (χ1n) is 5.10. The zero-order chi connectivity index (χ0) is 12.6. The van der Waals surface area contributed by atoms with Crippen LogP contribution < -0.4 is 5.73 Å². The van der Waals surface area contributed by atoms with Gasteiger partial charge in [0.15, 0.2) is 0 Å². The molecule has 0 saturated heterocycles. The Kier molecular flexibility index (Phi) is 2.86. The smallest absolute Gasteiger partial charge is 0.128 e. The Balaban J connectivity index is 2.61. The number of rotatable bonds is 1. The Hall–Kier alpha value is -1.86. The van der Waals surface area contributed by atoms with Gasteiger partial charge in [-0.1, -0.05) is 12.1 Å². The Bertz CT molecular complexity index is 623. The third kappa shape index (κ3) is 1.90. The standard InChI is InChI=1S/C13H11FN2S/c1-7-3-4-9(5-10(7)14)13-8(2)12(16)11(6-15)17-13/h3-5H,16H2,1-2H3. The van der Waals surface area contributed by atoms with Crippen LogP contribution in [-0.4, -0.2) is 0 Å². The third-order valence-corrected chi connectivity index (χ3v) is 3.99. The van der Waals surface area contributed by atoms with Crippen LogP contribution in [0, 0.1) is 31.0 Å². The van der Waals surface area contributed by atoms with Gasteiger partial charge in [0.05, 0.1) is 5.69 Å². The summed E-state index contributed by atoms with van der Waals surface area (Å²) in [7, 11) is 0. The number of thiophene rings is 1. The summed E-state index contributed by atoms with van der Waals surface area (Å²) in [6.07, 6.45) is 0. The van der Waals surface area contributed by atoms with Crippen LogP contribution in [0.5, 0.6) is 0 Å². The lowest BCUT2D eigenvalue weighted by Gasteiger charge is -2.02. The molecule has 0 bridgehead atoms. The highest BCUT2D eigenvalue weighted by Gasteiger charge is 2.14. The van der Waals surface area contributed by atoms with Crippen LogP contribution in [0.15, 0.2) is 18.2 Å². The minimum Gasteiger partial charge on any atom is -0.397 e. The van der Waals surface area contributed by atoms with Crippen molar-refractivity contribution in [1.82, 2.24) is 0 Å². The summed E-state index contributed by atoms with van der Waals surface area (Å²) < 4.78 is 13.5. The van der Waals surface area contributed by atoms with E-state index in [1.54, 1.807) is 13.0 Å². The van der Waals surface area contributed by atoms with Gasteiger partial charge >= 0.3 is 0 Å². The predicted octanol–water partition coefficient (Wildman–Crippen LogP) is 3.62. The molecule has 0 aliphatic carbocycles. The van der Waals surface area contributed by atoms with Crippen LogP contribution in [0.3, 0.4) is 0 Å². The van der Waals surface area contributed by atoms with Crippen molar-refractivity contribution in [2.24, 2.45) is 0 Å².